The fraction of sp³-hybridized carbons (Fsp3) is 0.0870. The van der Waals surface area contributed by atoms with Crippen LogP contribution in [-0.2, 0) is 11.3 Å². The second kappa shape index (κ2) is 9.38. The summed E-state index contributed by atoms with van der Waals surface area (Å²) in [5.41, 5.74) is 9.71. The average molecular weight is 402 g/mol. The van der Waals surface area contributed by atoms with Crippen molar-refractivity contribution < 1.29 is 14.7 Å². The van der Waals surface area contributed by atoms with Crippen LogP contribution in [0, 0.1) is 5.41 Å². The first-order valence-corrected chi connectivity index (χ1v) is 9.30. The van der Waals surface area contributed by atoms with Gasteiger partial charge in [-0.15, -0.1) is 0 Å². The van der Waals surface area contributed by atoms with Crippen LogP contribution in [0.3, 0.4) is 0 Å². The molecule has 0 heterocycles. The van der Waals surface area contributed by atoms with E-state index in [0.717, 1.165) is 5.56 Å². The van der Waals surface area contributed by atoms with E-state index in [1.807, 2.05) is 36.4 Å². The summed E-state index contributed by atoms with van der Waals surface area (Å²) in [7, 11) is 0. The summed E-state index contributed by atoms with van der Waals surface area (Å²) in [4.78, 5) is 23.2. The molecule has 0 unspecified atom stereocenters. The number of nitrogens with two attached hydrogens (primary N) is 1. The van der Waals surface area contributed by atoms with Gasteiger partial charge < -0.3 is 26.9 Å². The molecule has 7 heteroatoms. The molecule has 1 amide bonds. The standard InChI is InChI=1S/C23H22N4O3/c24-17-9-7-16(8-10-17)23(30)27-18-11-5-15(6-12-18)14-26-21-4-2-1-3-19(21)20(25)13-22(28)29/h1-12,25-26H,13-14,24H2,(H,27,30)(H,28,29). The minimum absolute atomic E-state index is 0.0475. The van der Waals surface area contributed by atoms with Crippen molar-refractivity contribution in [2.45, 2.75) is 13.0 Å². The number of para-hydroxylation sites is 1. The summed E-state index contributed by atoms with van der Waals surface area (Å²) in [6.45, 7) is 0.490. The van der Waals surface area contributed by atoms with Gasteiger partial charge in [0, 0.05) is 34.7 Å². The van der Waals surface area contributed by atoms with Crippen LogP contribution in [0.25, 0.3) is 0 Å². The molecule has 0 aromatic heterocycles. The van der Waals surface area contributed by atoms with Crippen LogP contribution in [-0.4, -0.2) is 22.7 Å². The monoisotopic (exact) mass is 402 g/mol. The highest BCUT2D eigenvalue weighted by atomic mass is 16.4. The minimum atomic E-state index is -1.04. The van der Waals surface area contributed by atoms with Gasteiger partial charge >= 0.3 is 5.97 Å². The van der Waals surface area contributed by atoms with Gasteiger partial charge in [0.15, 0.2) is 0 Å². The van der Waals surface area contributed by atoms with Gasteiger partial charge in [0.2, 0.25) is 0 Å². The van der Waals surface area contributed by atoms with Gasteiger partial charge in [-0.1, -0.05) is 30.3 Å². The number of hydrogen-bond donors (Lipinski definition) is 5. The van der Waals surface area contributed by atoms with Crippen molar-refractivity contribution >= 4 is 34.7 Å². The summed E-state index contributed by atoms with van der Waals surface area (Å²) >= 11 is 0. The summed E-state index contributed by atoms with van der Waals surface area (Å²) < 4.78 is 0. The summed E-state index contributed by atoms with van der Waals surface area (Å²) in [5, 5.41) is 23.0. The van der Waals surface area contributed by atoms with E-state index in [1.54, 1.807) is 36.4 Å². The lowest BCUT2D eigenvalue weighted by molar-refractivity contribution is -0.135. The van der Waals surface area contributed by atoms with Crippen molar-refractivity contribution in [1.82, 2.24) is 0 Å². The third-order valence-electron chi connectivity index (χ3n) is 4.45. The second-order valence-corrected chi connectivity index (χ2v) is 6.72. The number of nitrogens with one attached hydrogen (secondary N) is 3. The maximum Gasteiger partial charge on any atom is 0.309 e. The van der Waals surface area contributed by atoms with Gasteiger partial charge in [-0.2, -0.15) is 0 Å². The smallest absolute Gasteiger partial charge is 0.309 e. The van der Waals surface area contributed by atoms with Crippen molar-refractivity contribution in [3.63, 3.8) is 0 Å². The van der Waals surface area contributed by atoms with Crippen LogP contribution < -0.4 is 16.4 Å². The van der Waals surface area contributed by atoms with Gasteiger partial charge in [0.1, 0.15) is 0 Å². The predicted molar refractivity (Wildman–Crippen MR) is 118 cm³/mol. The molecule has 0 radical (unpaired) electrons. The number of amides is 1. The molecular weight excluding hydrogens is 380 g/mol. The van der Waals surface area contributed by atoms with Crippen molar-refractivity contribution in [3.8, 4) is 0 Å². The summed E-state index contributed by atoms with van der Waals surface area (Å²) in [6, 6.07) is 21.2. The maximum atomic E-state index is 12.3. The molecule has 0 fully saturated rings. The maximum absolute atomic E-state index is 12.3. The first-order chi connectivity index (χ1) is 14.4. The Labute approximate surface area is 174 Å². The lowest BCUT2D eigenvalue weighted by Crippen LogP contribution is -2.12. The summed E-state index contributed by atoms with van der Waals surface area (Å²) in [6.07, 6.45) is -0.332. The molecule has 0 spiro atoms. The van der Waals surface area contributed by atoms with Crippen LogP contribution in [0.2, 0.25) is 0 Å². The van der Waals surface area contributed by atoms with E-state index >= 15 is 0 Å². The summed E-state index contributed by atoms with van der Waals surface area (Å²) in [5.74, 6) is -1.25. The largest absolute Gasteiger partial charge is 0.481 e. The third-order valence-corrected chi connectivity index (χ3v) is 4.45. The van der Waals surface area contributed by atoms with Crippen molar-refractivity contribution in [2.24, 2.45) is 0 Å². The normalized spacial score (nSPS) is 10.3. The first kappa shape index (κ1) is 20.6. The number of carbonyl (C=O) groups excluding carboxylic acids is 1. The number of carboxylic acid groups (broad SMARTS) is 1. The zero-order valence-corrected chi connectivity index (χ0v) is 16.2. The Morgan fingerprint density at radius 3 is 2.27 bits per heavy atom. The molecule has 0 bridgehead atoms. The van der Waals surface area contributed by atoms with Gasteiger partial charge in [0.05, 0.1) is 12.1 Å². The molecule has 152 valence electrons. The van der Waals surface area contributed by atoms with Gasteiger partial charge in [-0.3, -0.25) is 9.59 Å². The Morgan fingerprint density at radius 1 is 0.933 bits per heavy atom. The number of carbonyl (C=O) groups is 2. The Kier molecular flexibility index (Phi) is 6.44. The van der Waals surface area contributed by atoms with Crippen molar-refractivity contribution in [2.75, 3.05) is 16.4 Å². The molecule has 3 rings (SSSR count). The lowest BCUT2D eigenvalue weighted by atomic mass is 10.0. The third kappa shape index (κ3) is 5.45. The SMILES string of the molecule is N=C(CC(=O)O)c1ccccc1NCc1ccc(NC(=O)c2ccc(N)cc2)cc1. The number of anilines is 3. The number of aliphatic carboxylic acids is 1. The van der Waals surface area contributed by atoms with E-state index in [1.165, 1.54) is 0 Å². The first-order valence-electron chi connectivity index (χ1n) is 9.30. The van der Waals surface area contributed by atoms with E-state index in [0.29, 0.717) is 34.7 Å². The number of rotatable bonds is 8. The zero-order chi connectivity index (χ0) is 21.5. The van der Waals surface area contributed by atoms with Gasteiger partial charge in [0.25, 0.3) is 5.91 Å². The molecule has 30 heavy (non-hydrogen) atoms. The van der Waals surface area contributed by atoms with E-state index in [4.69, 9.17) is 16.2 Å². The molecule has 0 atom stereocenters. The molecule has 3 aromatic rings. The molecule has 0 saturated heterocycles. The number of nitrogen functional groups attached to an aromatic ring is 1. The average Bonchev–Trinajstić information content (AvgIpc) is 2.73. The quantitative estimate of drug-likeness (QED) is 0.288. The Bertz CT molecular complexity index is 1060. The van der Waals surface area contributed by atoms with E-state index in [2.05, 4.69) is 10.6 Å². The molecule has 0 saturated carbocycles. The number of hydrogen-bond acceptors (Lipinski definition) is 5. The fourth-order valence-corrected chi connectivity index (χ4v) is 2.89. The molecule has 0 aliphatic rings. The minimum Gasteiger partial charge on any atom is -0.481 e. The molecule has 6 N–H and O–H groups in total. The van der Waals surface area contributed by atoms with Gasteiger partial charge in [-0.05, 0) is 48.0 Å². The highest BCUT2D eigenvalue weighted by Crippen LogP contribution is 2.19. The van der Waals surface area contributed by atoms with Crippen LogP contribution in [0.4, 0.5) is 17.1 Å². The fourth-order valence-electron chi connectivity index (χ4n) is 2.89. The number of benzene rings is 3. The van der Waals surface area contributed by atoms with Crippen LogP contribution >= 0.6 is 0 Å². The number of carboxylic acids is 1. The van der Waals surface area contributed by atoms with Crippen LogP contribution in [0.15, 0.2) is 72.8 Å². The van der Waals surface area contributed by atoms with E-state index in [9.17, 15) is 9.59 Å². The Balaban J connectivity index is 1.61. The van der Waals surface area contributed by atoms with E-state index < -0.39 is 5.97 Å². The van der Waals surface area contributed by atoms with E-state index in [-0.39, 0.29) is 18.0 Å². The topological polar surface area (TPSA) is 128 Å². The highest BCUT2D eigenvalue weighted by Gasteiger charge is 2.11. The Hall–Kier alpha value is -4.13. The predicted octanol–water partition coefficient (Wildman–Crippen LogP) is 3.98. The molecule has 7 nitrogen and oxygen atoms in total. The van der Waals surface area contributed by atoms with Gasteiger partial charge in [-0.25, -0.2) is 0 Å². The van der Waals surface area contributed by atoms with Crippen molar-refractivity contribution in [3.05, 3.63) is 89.5 Å². The second-order valence-electron chi connectivity index (χ2n) is 6.72. The highest BCUT2D eigenvalue weighted by molar-refractivity contribution is 6.10. The molecular formula is C23H22N4O3. The van der Waals surface area contributed by atoms with Crippen LogP contribution in [0.1, 0.15) is 27.9 Å². The van der Waals surface area contributed by atoms with Crippen LogP contribution in [0.5, 0.6) is 0 Å². The molecule has 3 aromatic carbocycles. The molecule has 0 aliphatic carbocycles. The zero-order valence-electron chi connectivity index (χ0n) is 16.2. The Morgan fingerprint density at radius 2 is 1.60 bits per heavy atom. The van der Waals surface area contributed by atoms with Crippen molar-refractivity contribution in [1.29, 1.82) is 5.41 Å². The lowest BCUT2D eigenvalue weighted by Gasteiger charge is -2.13. The molecule has 0 aliphatic heterocycles.